The van der Waals surface area contributed by atoms with E-state index in [-0.39, 0.29) is 17.8 Å². The average molecular weight is 316 g/mol. The summed E-state index contributed by atoms with van der Waals surface area (Å²) in [5.41, 5.74) is 0.838. The van der Waals surface area contributed by atoms with E-state index in [2.05, 4.69) is 5.32 Å². The molecule has 1 amide bonds. The highest BCUT2D eigenvalue weighted by molar-refractivity contribution is 6.42. The van der Waals surface area contributed by atoms with Gasteiger partial charge < -0.3 is 10.1 Å². The lowest BCUT2D eigenvalue weighted by Crippen LogP contribution is -2.53. The summed E-state index contributed by atoms with van der Waals surface area (Å²) in [6.45, 7) is 2.29. The van der Waals surface area contributed by atoms with Gasteiger partial charge in [-0.05, 0) is 24.1 Å². The molecule has 1 aromatic carbocycles. The molecule has 0 saturated carbocycles. The predicted molar refractivity (Wildman–Crippen MR) is 76.6 cm³/mol. The Morgan fingerprint density at radius 3 is 2.70 bits per heavy atom. The summed E-state index contributed by atoms with van der Waals surface area (Å²) in [5, 5.41) is 3.65. The molecule has 1 aliphatic heterocycles. The maximum Gasteiger partial charge on any atom is 0.314 e. The number of amides is 1. The fraction of sp³-hybridized carbons (Fsp3) is 0.429. The van der Waals surface area contributed by atoms with Gasteiger partial charge in [-0.2, -0.15) is 0 Å². The van der Waals surface area contributed by atoms with Crippen LogP contribution in [0.3, 0.4) is 0 Å². The van der Waals surface area contributed by atoms with Crippen molar-refractivity contribution in [1.82, 2.24) is 5.32 Å². The number of halogens is 2. The molecule has 6 heteroatoms. The summed E-state index contributed by atoms with van der Waals surface area (Å²) in [4.78, 5) is 23.2. The van der Waals surface area contributed by atoms with E-state index < -0.39 is 6.10 Å². The van der Waals surface area contributed by atoms with Crippen molar-refractivity contribution >= 4 is 35.1 Å². The van der Waals surface area contributed by atoms with Crippen LogP contribution in [0.1, 0.15) is 25.3 Å². The quantitative estimate of drug-likeness (QED) is 0.850. The van der Waals surface area contributed by atoms with Gasteiger partial charge in [-0.3, -0.25) is 9.59 Å². The second-order valence-electron chi connectivity index (χ2n) is 4.72. The zero-order valence-corrected chi connectivity index (χ0v) is 12.5. The van der Waals surface area contributed by atoms with Crippen LogP contribution in [-0.2, 0) is 20.9 Å². The number of rotatable bonds is 5. The van der Waals surface area contributed by atoms with E-state index in [1.165, 1.54) is 0 Å². The third-order valence-electron chi connectivity index (χ3n) is 3.22. The van der Waals surface area contributed by atoms with Crippen molar-refractivity contribution in [3.8, 4) is 0 Å². The van der Waals surface area contributed by atoms with Crippen LogP contribution in [0.5, 0.6) is 0 Å². The lowest BCUT2D eigenvalue weighted by molar-refractivity contribution is -0.189. The SMILES string of the molecule is CCCC1C(=O)O[C@H]1C(=O)NCc1ccc(Cl)c(Cl)c1. The van der Waals surface area contributed by atoms with Crippen LogP contribution in [-0.4, -0.2) is 18.0 Å². The summed E-state index contributed by atoms with van der Waals surface area (Å²) in [7, 11) is 0. The molecule has 1 N–H and O–H groups in total. The highest BCUT2D eigenvalue weighted by atomic mass is 35.5. The number of ether oxygens (including phenoxy) is 1. The minimum Gasteiger partial charge on any atom is -0.451 e. The molecule has 1 aliphatic rings. The molecule has 108 valence electrons. The zero-order valence-electron chi connectivity index (χ0n) is 11.0. The Morgan fingerprint density at radius 2 is 2.10 bits per heavy atom. The van der Waals surface area contributed by atoms with Crippen LogP contribution in [0.4, 0.5) is 0 Å². The Hall–Kier alpha value is -1.26. The monoisotopic (exact) mass is 315 g/mol. The molecule has 0 aliphatic carbocycles. The number of esters is 1. The zero-order chi connectivity index (χ0) is 14.7. The van der Waals surface area contributed by atoms with Gasteiger partial charge in [0.25, 0.3) is 5.91 Å². The Kier molecular flexibility index (Phi) is 4.89. The molecule has 1 aromatic rings. The first kappa shape index (κ1) is 15.1. The number of hydrogen-bond donors (Lipinski definition) is 1. The first-order valence-corrected chi connectivity index (χ1v) is 7.20. The van der Waals surface area contributed by atoms with Crippen molar-refractivity contribution in [2.24, 2.45) is 5.92 Å². The van der Waals surface area contributed by atoms with E-state index >= 15 is 0 Å². The van der Waals surface area contributed by atoms with Crippen LogP contribution in [0.25, 0.3) is 0 Å². The standard InChI is InChI=1S/C14H15Cl2NO3/c1-2-3-9-12(20-14(9)19)13(18)17-7-8-4-5-10(15)11(16)6-8/h4-6,9,12H,2-3,7H2,1H3,(H,17,18)/t9?,12-/m1/s1. The highest BCUT2D eigenvalue weighted by Gasteiger charge is 2.46. The van der Waals surface area contributed by atoms with Gasteiger partial charge in [-0.1, -0.05) is 42.6 Å². The highest BCUT2D eigenvalue weighted by Crippen LogP contribution is 2.27. The molecule has 1 heterocycles. The Bertz CT molecular complexity index is 533. The molecular weight excluding hydrogens is 301 g/mol. The fourth-order valence-corrected chi connectivity index (χ4v) is 2.42. The second-order valence-corrected chi connectivity index (χ2v) is 5.53. The topological polar surface area (TPSA) is 55.4 Å². The van der Waals surface area contributed by atoms with Crippen molar-refractivity contribution in [2.75, 3.05) is 0 Å². The fourth-order valence-electron chi connectivity index (χ4n) is 2.10. The van der Waals surface area contributed by atoms with E-state index in [1.54, 1.807) is 18.2 Å². The Morgan fingerprint density at radius 1 is 1.35 bits per heavy atom. The summed E-state index contributed by atoms with van der Waals surface area (Å²) >= 11 is 11.7. The number of cyclic esters (lactones) is 1. The molecule has 1 unspecified atom stereocenters. The largest absolute Gasteiger partial charge is 0.451 e. The smallest absolute Gasteiger partial charge is 0.314 e. The minimum atomic E-state index is -0.662. The van der Waals surface area contributed by atoms with Gasteiger partial charge >= 0.3 is 5.97 Å². The molecule has 2 rings (SSSR count). The van der Waals surface area contributed by atoms with Crippen LogP contribution in [0.2, 0.25) is 10.0 Å². The third-order valence-corrected chi connectivity index (χ3v) is 3.96. The normalized spacial score (nSPS) is 21.1. The molecule has 0 radical (unpaired) electrons. The van der Waals surface area contributed by atoms with Gasteiger partial charge in [0.05, 0.1) is 10.0 Å². The maximum absolute atomic E-state index is 11.9. The van der Waals surface area contributed by atoms with Crippen LogP contribution in [0, 0.1) is 5.92 Å². The number of nitrogens with one attached hydrogen (secondary N) is 1. The Labute approximate surface area is 127 Å². The average Bonchev–Trinajstić information content (AvgIpc) is 2.43. The molecule has 1 saturated heterocycles. The lowest BCUT2D eigenvalue weighted by atomic mass is 9.91. The van der Waals surface area contributed by atoms with E-state index in [4.69, 9.17) is 27.9 Å². The van der Waals surface area contributed by atoms with Gasteiger partial charge in [0.1, 0.15) is 5.92 Å². The van der Waals surface area contributed by atoms with Crippen molar-refractivity contribution in [3.63, 3.8) is 0 Å². The van der Waals surface area contributed by atoms with Crippen molar-refractivity contribution in [2.45, 2.75) is 32.4 Å². The second kappa shape index (κ2) is 6.46. The van der Waals surface area contributed by atoms with Gasteiger partial charge in [0, 0.05) is 6.54 Å². The van der Waals surface area contributed by atoms with E-state index in [0.29, 0.717) is 23.0 Å². The molecule has 0 bridgehead atoms. The van der Waals surface area contributed by atoms with Gasteiger partial charge in [0.15, 0.2) is 6.10 Å². The van der Waals surface area contributed by atoms with Crippen molar-refractivity contribution in [3.05, 3.63) is 33.8 Å². The number of benzene rings is 1. The summed E-state index contributed by atoms with van der Waals surface area (Å²) in [5.74, 6) is -0.871. The first-order valence-electron chi connectivity index (χ1n) is 6.45. The maximum atomic E-state index is 11.9. The molecule has 0 spiro atoms. The van der Waals surface area contributed by atoms with E-state index in [9.17, 15) is 9.59 Å². The van der Waals surface area contributed by atoms with Crippen LogP contribution >= 0.6 is 23.2 Å². The van der Waals surface area contributed by atoms with Gasteiger partial charge in [0.2, 0.25) is 0 Å². The summed E-state index contributed by atoms with van der Waals surface area (Å²) in [6.07, 6.45) is 0.852. The van der Waals surface area contributed by atoms with Crippen LogP contribution in [0.15, 0.2) is 18.2 Å². The van der Waals surface area contributed by atoms with Gasteiger partial charge in [-0.25, -0.2) is 0 Å². The van der Waals surface area contributed by atoms with Crippen molar-refractivity contribution in [1.29, 1.82) is 0 Å². The predicted octanol–water partition coefficient (Wildman–Crippen LogP) is 2.95. The number of carbonyl (C=O) groups excluding carboxylic acids is 2. The van der Waals surface area contributed by atoms with Crippen LogP contribution < -0.4 is 5.32 Å². The number of carbonyl (C=O) groups is 2. The third kappa shape index (κ3) is 3.25. The minimum absolute atomic E-state index is 0.269. The number of hydrogen-bond acceptors (Lipinski definition) is 3. The molecule has 0 aromatic heterocycles. The molecule has 1 fully saturated rings. The van der Waals surface area contributed by atoms with E-state index in [1.807, 2.05) is 6.92 Å². The first-order chi connectivity index (χ1) is 9.52. The summed E-state index contributed by atoms with van der Waals surface area (Å²) in [6, 6.07) is 5.15. The molecule has 2 atom stereocenters. The molecular formula is C14H15Cl2NO3. The summed E-state index contributed by atoms with van der Waals surface area (Å²) < 4.78 is 4.90. The van der Waals surface area contributed by atoms with Crippen molar-refractivity contribution < 1.29 is 14.3 Å². The lowest BCUT2D eigenvalue weighted by Gasteiger charge is -2.33. The Balaban J connectivity index is 1.89. The van der Waals surface area contributed by atoms with Gasteiger partial charge in [-0.15, -0.1) is 0 Å². The van der Waals surface area contributed by atoms with E-state index in [0.717, 1.165) is 12.0 Å². The molecule has 20 heavy (non-hydrogen) atoms. The molecule has 4 nitrogen and oxygen atoms in total.